The van der Waals surface area contributed by atoms with E-state index in [0.29, 0.717) is 36.6 Å². The molecule has 9 heteroatoms. The summed E-state index contributed by atoms with van der Waals surface area (Å²) in [6.07, 6.45) is 2.12. The molecule has 3 heterocycles. The first-order chi connectivity index (χ1) is 11.5. The maximum Gasteiger partial charge on any atom is 0.258 e. The second-order valence-electron chi connectivity index (χ2n) is 5.61. The van der Waals surface area contributed by atoms with E-state index < -0.39 is 10.0 Å². The van der Waals surface area contributed by atoms with E-state index in [1.165, 1.54) is 27.0 Å². The van der Waals surface area contributed by atoms with Crippen LogP contribution in [-0.4, -0.2) is 35.9 Å². The minimum absolute atomic E-state index is 0.185. The van der Waals surface area contributed by atoms with Crippen LogP contribution < -0.4 is 5.32 Å². The Labute approximate surface area is 149 Å². The Kier molecular flexibility index (Phi) is 5.33. The second-order valence-corrected chi connectivity index (χ2v) is 9.56. The Morgan fingerprint density at radius 3 is 3.00 bits per heavy atom. The SMILES string of the molecule is CCCCS(=O)(=O)N1CCc2nc(NC(=O)c3ccsc3)sc2C1. The first kappa shape index (κ1) is 17.5. The van der Waals surface area contributed by atoms with Gasteiger partial charge in [-0.3, -0.25) is 10.1 Å². The van der Waals surface area contributed by atoms with E-state index in [2.05, 4.69) is 10.3 Å². The molecule has 0 aromatic carbocycles. The summed E-state index contributed by atoms with van der Waals surface area (Å²) < 4.78 is 26.2. The highest BCUT2D eigenvalue weighted by molar-refractivity contribution is 7.89. The zero-order valence-corrected chi connectivity index (χ0v) is 15.8. The summed E-state index contributed by atoms with van der Waals surface area (Å²) in [6, 6.07) is 1.76. The van der Waals surface area contributed by atoms with Crippen LogP contribution in [0.1, 0.15) is 40.7 Å². The van der Waals surface area contributed by atoms with E-state index in [1.807, 2.05) is 12.3 Å². The number of nitrogens with one attached hydrogen (secondary N) is 1. The minimum atomic E-state index is -3.21. The number of carbonyl (C=O) groups is 1. The number of aromatic nitrogens is 1. The van der Waals surface area contributed by atoms with Gasteiger partial charge in [-0.25, -0.2) is 13.4 Å². The molecule has 0 bridgehead atoms. The zero-order chi connectivity index (χ0) is 17.2. The molecule has 1 amide bonds. The zero-order valence-electron chi connectivity index (χ0n) is 13.3. The van der Waals surface area contributed by atoms with Gasteiger partial charge >= 0.3 is 0 Å². The summed E-state index contributed by atoms with van der Waals surface area (Å²) in [5.74, 6) is 0.00844. The fourth-order valence-electron chi connectivity index (χ4n) is 2.48. The molecular formula is C15H19N3O3S3. The Morgan fingerprint density at radius 1 is 1.46 bits per heavy atom. The molecule has 3 rings (SSSR count). The lowest BCUT2D eigenvalue weighted by atomic mass is 10.2. The van der Waals surface area contributed by atoms with Crippen LogP contribution in [0, 0.1) is 0 Å². The molecule has 1 aliphatic heterocycles. The maximum absolute atomic E-state index is 12.3. The predicted octanol–water partition coefficient (Wildman–Crippen LogP) is 2.94. The highest BCUT2D eigenvalue weighted by atomic mass is 32.2. The molecule has 2 aromatic heterocycles. The lowest BCUT2D eigenvalue weighted by Gasteiger charge is -2.25. The van der Waals surface area contributed by atoms with Crippen LogP contribution in [0.15, 0.2) is 16.8 Å². The van der Waals surface area contributed by atoms with Crippen molar-refractivity contribution in [3.05, 3.63) is 33.0 Å². The predicted molar refractivity (Wildman–Crippen MR) is 97.2 cm³/mol. The summed E-state index contributed by atoms with van der Waals surface area (Å²) in [5.41, 5.74) is 1.50. The number of sulfonamides is 1. The summed E-state index contributed by atoms with van der Waals surface area (Å²) in [4.78, 5) is 17.5. The number of carbonyl (C=O) groups excluding carboxylic acids is 1. The summed E-state index contributed by atoms with van der Waals surface area (Å²) in [7, 11) is -3.21. The number of fused-ring (bicyclic) bond motifs is 1. The molecule has 1 N–H and O–H groups in total. The molecular weight excluding hydrogens is 366 g/mol. The monoisotopic (exact) mass is 385 g/mol. The fourth-order valence-corrected chi connectivity index (χ4v) is 5.83. The average molecular weight is 386 g/mol. The molecule has 0 saturated heterocycles. The van der Waals surface area contributed by atoms with Gasteiger partial charge in [0, 0.05) is 29.8 Å². The molecule has 0 aliphatic carbocycles. The van der Waals surface area contributed by atoms with Crippen LogP contribution >= 0.6 is 22.7 Å². The lowest BCUT2D eigenvalue weighted by molar-refractivity contribution is 0.102. The molecule has 0 spiro atoms. The number of anilines is 1. The van der Waals surface area contributed by atoms with Gasteiger partial charge in [0.15, 0.2) is 5.13 Å². The minimum Gasteiger partial charge on any atom is -0.298 e. The van der Waals surface area contributed by atoms with Crippen molar-refractivity contribution in [2.45, 2.75) is 32.7 Å². The van der Waals surface area contributed by atoms with Crippen molar-refractivity contribution in [2.24, 2.45) is 0 Å². The highest BCUT2D eigenvalue weighted by Gasteiger charge is 2.28. The van der Waals surface area contributed by atoms with Gasteiger partial charge in [-0.15, -0.1) is 11.3 Å². The fraction of sp³-hybridized carbons (Fsp3) is 0.467. The topological polar surface area (TPSA) is 79.4 Å². The number of amides is 1. The quantitative estimate of drug-likeness (QED) is 0.829. The van der Waals surface area contributed by atoms with Crippen LogP contribution in [0.5, 0.6) is 0 Å². The van der Waals surface area contributed by atoms with E-state index in [4.69, 9.17) is 0 Å². The third kappa shape index (κ3) is 3.85. The average Bonchev–Trinajstić information content (AvgIpc) is 3.21. The second kappa shape index (κ2) is 7.30. The van der Waals surface area contributed by atoms with E-state index in [9.17, 15) is 13.2 Å². The van der Waals surface area contributed by atoms with Gasteiger partial charge in [-0.1, -0.05) is 13.3 Å². The van der Waals surface area contributed by atoms with Crippen LogP contribution in [0.4, 0.5) is 5.13 Å². The molecule has 0 atom stereocenters. The third-order valence-corrected chi connectivity index (χ3v) is 7.43. The molecule has 6 nitrogen and oxygen atoms in total. The first-order valence-corrected chi connectivity index (χ1v) is 11.2. The third-order valence-electron chi connectivity index (χ3n) is 3.85. The van der Waals surface area contributed by atoms with E-state index in [0.717, 1.165) is 17.0 Å². The Balaban J connectivity index is 1.70. The van der Waals surface area contributed by atoms with Crippen LogP contribution in [0.2, 0.25) is 0 Å². The Hall–Kier alpha value is -1.29. The van der Waals surface area contributed by atoms with Crippen LogP contribution in [-0.2, 0) is 23.0 Å². The van der Waals surface area contributed by atoms with Crippen molar-refractivity contribution in [1.29, 1.82) is 0 Å². The van der Waals surface area contributed by atoms with Crippen molar-refractivity contribution in [1.82, 2.24) is 9.29 Å². The molecule has 2 aromatic rings. The first-order valence-electron chi connectivity index (χ1n) is 7.79. The van der Waals surface area contributed by atoms with Gasteiger partial charge in [-0.2, -0.15) is 15.6 Å². The van der Waals surface area contributed by atoms with Crippen molar-refractivity contribution in [3.63, 3.8) is 0 Å². The summed E-state index contributed by atoms with van der Waals surface area (Å²) in [6.45, 7) is 2.80. The number of thiazole rings is 1. The standard InChI is InChI=1S/C15H19N3O3S3/c1-2-3-8-24(20,21)18-6-4-12-13(9-18)23-15(16-12)17-14(19)11-5-7-22-10-11/h5,7,10H,2-4,6,8-9H2,1H3,(H,16,17,19). The molecule has 0 unspecified atom stereocenters. The maximum atomic E-state index is 12.3. The molecule has 0 saturated carbocycles. The van der Waals surface area contributed by atoms with Crippen molar-refractivity contribution in [3.8, 4) is 0 Å². The summed E-state index contributed by atoms with van der Waals surface area (Å²) >= 11 is 2.82. The van der Waals surface area contributed by atoms with Gasteiger partial charge in [0.05, 0.1) is 17.0 Å². The van der Waals surface area contributed by atoms with Gasteiger partial charge in [0.2, 0.25) is 10.0 Å². The molecule has 24 heavy (non-hydrogen) atoms. The van der Waals surface area contributed by atoms with E-state index >= 15 is 0 Å². The van der Waals surface area contributed by atoms with Gasteiger partial charge in [0.25, 0.3) is 5.91 Å². The lowest BCUT2D eigenvalue weighted by Crippen LogP contribution is -2.37. The number of nitrogens with zero attached hydrogens (tertiary/aromatic N) is 2. The number of rotatable bonds is 6. The Bertz CT molecular complexity index is 812. The molecule has 0 radical (unpaired) electrons. The number of hydrogen-bond donors (Lipinski definition) is 1. The summed E-state index contributed by atoms with van der Waals surface area (Å²) in [5, 5.41) is 6.96. The van der Waals surface area contributed by atoms with Gasteiger partial charge in [-0.05, 0) is 17.9 Å². The van der Waals surface area contributed by atoms with Crippen molar-refractivity contribution in [2.75, 3.05) is 17.6 Å². The largest absolute Gasteiger partial charge is 0.298 e. The number of hydrogen-bond acceptors (Lipinski definition) is 6. The van der Waals surface area contributed by atoms with Crippen molar-refractivity contribution >= 4 is 43.7 Å². The highest BCUT2D eigenvalue weighted by Crippen LogP contribution is 2.30. The van der Waals surface area contributed by atoms with Crippen LogP contribution in [0.25, 0.3) is 0 Å². The molecule has 0 fully saturated rings. The van der Waals surface area contributed by atoms with Crippen LogP contribution in [0.3, 0.4) is 0 Å². The molecule has 1 aliphatic rings. The Morgan fingerprint density at radius 2 is 2.29 bits per heavy atom. The number of unbranched alkanes of at least 4 members (excludes halogenated alkanes) is 1. The smallest absolute Gasteiger partial charge is 0.258 e. The van der Waals surface area contributed by atoms with E-state index in [1.54, 1.807) is 11.4 Å². The normalized spacial score (nSPS) is 15.2. The molecule has 130 valence electrons. The van der Waals surface area contributed by atoms with Gasteiger partial charge < -0.3 is 0 Å². The van der Waals surface area contributed by atoms with Gasteiger partial charge in [0.1, 0.15) is 0 Å². The van der Waals surface area contributed by atoms with Crippen molar-refractivity contribution < 1.29 is 13.2 Å². The van der Waals surface area contributed by atoms with E-state index in [-0.39, 0.29) is 11.7 Å². The number of thiophene rings is 1.